The van der Waals surface area contributed by atoms with Crippen molar-refractivity contribution in [3.63, 3.8) is 0 Å². The number of hydrogen-bond acceptors (Lipinski definition) is 1. The van der Waals surface area contributed by atoms with Gasteiger partial charge in [0.2, 0.25) is 5.91 Å². The average Bonchev–Trinajstić information content (AvgIpc) is 2.85. The van der Waals surface area contributed by atoms with Crippen LogP contribution in [-0.4, -0.2) is 12.5 Å². The fourth-order valence-electron chi connectivity index (χ4n) is 2.87. The van der Waals surface area contributed by atoms with E-state index in [2.05, 4.69) is 43.3 Å². The molecule has 2 heteroatoms. The predicted molar refractivity (Wildman–Crippen MR) is 79.0 cm³/mol. The van der Waals surface area contributed by atoms with Gasteiger partial charge in [-0.25, -0.2) is 0 Å². The van der Waals surface area contributed by atoms with Crippen molar-refractivity contribution in [1.29, 1.82) is 0 Å². The molecule has 0 unspecified atom stereocenters. The summed E-state index contributed by atoms with van der Waals surface area (Å²) in [5.74, 6) is 0.253. The number of carbonyl (C=O) groups excluding carboxylic acids is 1. The van der Waals surface area contributed by atoms with Crippen LogP contribution in [0.5, 0.6) is 0 Å². The first-order valence-electron chi connectivity index (χ1n) is 7.02. The molecule has 1 aromatic rings. The van der Waals surface area contributed by atoms with Crippen LogP contribution < -0.4 is 4.90 Å². The van der Waals surface area contributed by atoms with Gasteiger partial charge in [0.05, 0.1) is 0 Å². The van der Waals surface area contributed by atoms with Crippen LogP contribution in [0, 0.1) is 0 Å². The summed E-state index contributed by atoms with van der Waals surface area (Å²) in [6.45, 7) is 3.01. The molecule has 1 saturated heterocycles. The Labute approximate surface area is 114 Å². The lowest BCUT2D eigenvalue weighted by Gasteiger charge is -2.17. The molecule has 3 rings (SSSR count). The van der Waals surface area contributed by atoms with Crippen LogP contribution in [0.1, 0.15) is 38.2 Å². The van der Waals surface area contributed by atoms with Crippen LogP contribution in [0.2, 0.25) is 0 Å². The zero-order valence-electron chi connectivity index (χ0n) is 11.4. The Bertz CT molecular complexity index is 551. The number of benzene rings is 1. The molecular weight excluding hydrogens is 234 g/mol. The van der Waals surface area contributed by atoms with E-state index in [9.17, 15) is 4.79 Å². The molecule has 1 aromatic carbocycles. The van der Waals surface area contributed by atoms with E-state index in [-0.39, 0.29) is 5.91 Å². The van der Waals surface area contributed by atoms with E-state index < -0.39 is 0 Å². The van der Waals surface area contributed by atoms with Crippen molar-refractivity contribution in [2.24, 2.45) is 0 Å². The van der Waals surface area contributed by atoms with Crippen LogP contribution >= 0.6 is 0 Å². The van der Waals surface area contributed by atoms with Gasteiger partial charge in [-0.3, -0.25) is 4.79 Å². The summed E-state index contributed by atoms with van der Waals surface area (Å²) in [6.07, 6.45) is 8.45. The summed E-state index contributed by atoms with van der Waals surface area (Å²) < 4.78 is 0. The molecule has 1 amide bonds. The summed E-state index contributed by atoms with van der Waals surface area (Å²) in [5.41, 5.74) is 5.07. The van der Waals surface area contributed by atoms with E-state index in [0.29, 0.717) is 6.42 Å². The van der Waals surface area contributed by atoms with Crippen molar-refractivity contribution in [2.75, 3.05) is 11.4 Å². The fourth-order valence-corrected chi connectivity index (χ4v) is 2.87. The monoisotopic (exact) mass is 253 g/mol. The summed E-state index contributed by atoms with van der Waals surface area (Å²) in [5, 5.41) is 0. The molecule has 2 nitrogen and oxygen atoms in total. The van der Waals surface area contributed by atoms with Crippen LogP contribution in [-0.2, 0) is 4.79 Å². The van der Waals surface area contributed by atoms with E-state index >= 15 is 0 Å². The normalized spacial score (nSPS) is 19.4. The molecule has 0 aromatic heterocycles. The molecule has 1 fully saturated rings. The smallest absolute Gasteiger partial charge is 0.227 e. The van der Waals surface area contributed by atoms with E-state index in [0.717, 1.165) is 31.5 Å². The standard InChI is InChI=1S/C17H19NO/c1-13-4-2-5-15(12-13)14-7-9-16(10-8-14)18-11-3-6-17(18)19/h4,7-10,12H,2-3,5-6,11H2,1H3. The Hall–Kier alpha value is -1.83. The Morgan fingerprint density at radius 3 is 2.53 bits per heavy atom. The van der Waals surface area contributed by atoms with Crippen molar-refractivity contribution in [3.8, 4) is 0 Å². The average molecular weight is 253 g/mol. The number of rotatable bonds is 2. The molecule has 1 heterocycles. The van der Waals surface area contributed by atoms with Crippen LogP contribution in [0.4, 0.5) is 5.69 Å². The zero-order valence-corrected chi connectivity index (χ0v) is 11.4. The minimum atomic E-state index is 0.253. The molecule has 0 bridgehead atoms. The van der Waals surface area contributed by atoms with E-state index in [1.54, 1.807) is 0 Å². The molecule has 98 valence electrons. The van der Waals surface area contributed by atoms with Gasteiger partial charge in [0.25, 0.3) is 0 Å². The Kier molecular flexibility index (Phi) is 3.24. The van der Waals surface area contributed by atoms with Crippen molar-refractivity contribution in [1.82, 2.24) is 0 Å². The highest BCUT2D eigenvalue weighted by Gasteiger charge is 2.21. The van der Waals surface area contributed by atoms with Crippen molar-refractivity contribution in [3.05, 3.63) is 47.6 Å². The third kappa shape index (κ3) is 2.48. The van der Waals surface area contributed by atoms with Gasteiger partial charge in [-0.2, -0.15) is 0 Å². The molecule has 0 N–H and O–H groups in total. The van der Waals surface area contributed by atoms with Gasteiger partial charge in [-0.15, -0.1) is 0 Å². The lowest BCUT2D eigenvalue weighted by Crippen LogP contribution is -2.23. The number of carbonyl (C=O) groups is 1. The molecular formula is C17H19NO. The maximum absolute atomic E-state index is 11.7. The van der Waals surface area contributed by atoms with Gasteiger partial charge >= 0.3 is 0 Å². The maximum atomic E-state index is 11.7. The number of anilines is 1. The number of nitrogens with zero attached hydrogens (tertiary/aromatic N) is 1. The minimum Gasteiger partial charge on any atom is -0.312 e. The lowest BCUT2D eigenvalue weighted by atomic mass is 9.94. The van der Waals surface area contributed by atoms with Crippen molar-refractivity contribution in [2.45, 2.75) is 32.6 Å². The van der Waals surface area contributed by atoms with Crippen LogP contribution in [0.3, 0.4) is 0 Å². The predicted octanol–water partition coefficient (Wildman–Crippen LogP) is 3.94. The molecule has 0 atom stereocenters. The third-order valence-corrected chi connectivity index (χ3v) is 3.91. The fraction of sp³-hybridized carbons (Fsp3) is 0.353. The van der Waals surface area contributed by atoms with Crippen molar-refractivity contribution >= 4 is 17.2 Å². The zero-order chi connectivity index (χ0) is 13.2. The SMILES string of the molecule is CC1=CCCC(c2ccc(N3CCCC3=O)cc2)=C1. The second-order valence-corrected chi connectivity index (χ2v) is 5.35. The topological polar surface area (TPSA) is 20.3 Å². The quantitative estimate of drug-likeness (QED) is 0.781. The second-order valence-electron chi connectivity index (χ2n) is 5.35. The summed E-state index contributed by atoms with van der Waals surface area (Å²) >= 11 is 0. The second kappa shape index (κ2) is 5.04. The first kappa shape index (κ1) is 12.2. The van der Waals surface area contributed by atoms with Gasteiger partial charge < -0.3 is 4.90 Å². The largest absolute Gasteiger partial charge is 0.312 e. The molecule has 2 aliphatic rings. The van der Waals surface area contributed by atoms with Crippen molar-refractivity contribution < 1.29 is 4.79 Å². The maximum Gasteiger partial charge on any atom is 0.227 e. The first-order chi connectivity index (χ1) is 9.24. The summed E-state index contributed by atoms with van der Waals surface area (Å²) in [7, 11) is 0. The highest BCUT2D eigenvalue weighted by Crippen LogP contribution is 2.29. The van der Waals surface area contributed by atoms with Crippen LogP contribution in [0.15, 0.2) is 42.0 Å². The summed E-state index contributed by atoms with van der Waals surface area (Å²) in [4.78, 5) is 13.6. The van der Waals surface area contributed by atoms with E-state index in [4.69, 9.17) is 0 Å². The molecule has 0 radical (unpaired) electrons. The highest BCUT2D eigenvalue weighted by atomic mass is 16.2. The molecule has 1 aliphatic carbocycles. The Morgan fingerprint density at radius 2 is 1.89 bits per heavy atom. The van der Waals surface area contributed by atoms with E-state index in [1.807, 2.05) is 4.90 Å². The number of allylic oxidation sites excluding steroid dienone is 4. The Morgan fingerprint density at radius 1 is 1.11 bits per heavy atom. The highest BCUT2D eigenvalue weighted by molar-refractivity contribution is 5.95. The van der Waals surface area contributed by atoms with Gasteiger partial charge in [-0.05, 0) is 49.5 Å². The molecule has 0 saturated carbocycles. The lowest BCUT2D eigenvalue weighted by molar-refractivity contribution is -0.117. The molecule has 1 aliphatic heterocycles. The van der Waals surface area contributed by atoms with Gasteiger partial charge in [0.1, 0.15) is 0 Å². The minimum absolute atomic E-state index is 0.253. The number of hydrogen-bond donors (Lipinski definition) is 0. The molecule has 19 heavy (non-hydrogen) atoms. The number of amides is 1. The Balaban J connectivity index is 1.83. The summed E-state index contributed by atoms with van der Waals surface area (Å²) in [6, 6.07) is 8.44. The third-order valence-electron chi connectivity index (χ3n) is 3.91. The van der Waals surface area contributed by atoms with Gasteiger partial charge in [-0.1, -0.05) is 29.9 Å². The van der Waals surface area contributed by atoms with Crippen LogP contribution in [0.25, 0.3) is 5.57 Å². The van der Waals surface area contributed by atoms with E-state index in [1.165, 1.54) is 16.7 Å². The van der Waals surface area contributed by atoms with Gasteiger partial charge in [0.15, 0.2) is 0 Å². The first-order valence-corrected chi connectivity index (χ1v) is 7.02. The molecule has 0 spiro atoms. The van der Waals surface area contributed by atoms with Gasteiger partial charge in [0, 0.05) is 18.7 Å².